The Balaban J connectivity index is 2.85. The van der Waals surface area contributed by atoms with Gasteiger partial charge < -0.3 is 28.4 Å². The van der Waals surface area contributed by atoms with Crippen molar-refractivity contribution < 1.29 is 38.0 Å². The fourth-order valence-electron chi connectivity index (χ4n) is 3.93. The van der Waals surface area contributed by atoms with Crippen molar-refractivity contribution in [3.63, 3.8) is 0 Å². The summed E-state index contributed by atoms with van der Waals surface area (Å²) < 4.78 is 33.9. The Morgan fingerprint density at radius 3 is 1.26 bits per heavy atom. The zero-order valence-corrected chi connectivity index (χ0v) is 26.1. The van der Waals surface area contributed by atoms with Crippen molar-refractivity contribution in [3.8, 4) is 0 Å². The van der Waals surface area contributed by atoms with E-state index in [1.54, 1.807) is 49.4 Å². The predicted molar refractivity (Wildman–Crippen MR) is 171 cm³/mol. The topological polar surface area (TPSA) is 114 Å². The molecule has 0 aromatic heterocycles. The molecule has 10 nitrogen and oxygen atoms in total. The molecular formula is C33H50N2O8. The van der Waals surface area contributed by atoms with Crippen molar-refractivity contribution in [2.45, 2.75) is 33.6 Å². The van der Waals surface area contributed by atoms with Crippen LogP contribution >= 0.6 is 0 Å². The minimum Gasteiger partial charge on any atom is -0.449 e. The van der Waals surface area contributed by atoms with Crippen molar-refractivity contribution in [1.29, 1.82) is 0 Å². The summed E-state index contributed by atoms with van der Waals surface area (Å²) in [5.41, 5.74) is 0.523. The number of carbonyl (C=O) groups excluding carboxylic acids is 2. The highest BCUT2D eigenvalue weighted by atomic mass is 16.6. The highest BCUT2D eigenvalue weighted by Crippen LogP contribution is 2.28. The van der Waals surface area contributed by atoms with E-state index >= 15 is 0 Å². The first-order valence-corrected chi connectivity index (χ1v) is 14.5. The van der Waals surface area contributed by atoms with E-state index in [4.69, 9.17) is 28.4 Å². The minimum absolute atomic E-state index is 0.0825. The molecule has 10 heteroatoms. The number of anilines is 2. The highest BCUT2D eigenvalue weighted by molar-refractivity contribution is 5.91. The summed E-state index contributed by atoms with van der Waals surface area (Å²) in [5.74, 6) is 0. The molecule has 0 aliphatic carbocycles. The fourth-order valence-corrected chi connectivity index (χ4v) is 3.93. The average Bonchev–Trinajstić information content (AvgIpc) is 3.00. The van der Waals surface area contributed by atoms with Crippen LogP contribution in [-0.2, 0) is 28.4 Å². The SMILES string of the molecule is C=CCOCC(CC)(COCC=C)COC(=O)Nc1cccc(NC(=O)OCC(CC)(COCC=C)COCC=C)c1C. The molecule has 0 bridgehead atoms. The van der Waals surface area contributed by atoms with Gasteiger partial charge in [0.25, 0.3) is 0 Å². The third-order valence-electron chi connectivity index (χ3n) is 6.90. The van der Waals surface area contributed by atoms with Crippen LogP contribution in [0.1, 0.15) is 32.3 Å². The second-order valence-electron chi connectivity index (χ2n) is 10.3. The Labute approximate surface area is 257 Å². The number of hydrogen-bond acceptors (Lipinski definition) is 8. The molecule has 43 heavy (non-hydrogen) atoms. The molecule has 0 saturated heterocycles. The number of rotatable bonds is 24. The molecule has 0 radical (unpaired) electrons. The highest BCUT2D eigenvalue weighted by Gasteiger charge is 2.32. The van der Waals surface area contributed by atoms with Crippen LogP contribution in [0.2, 0.25) is 0 Å². The van der Waals surface area contributed by atoms with Gasteiger partial charge in [-0.2, -0.15) is 0 Å². The molecule has 240 valence electrons. The molecule has 1 aromatic rings. The molecule has 0 aliphatic heterocycles. The summed E-state index contributed by atoms with van der Waals surface area (Å²) in [4.78, 5) is 25.6. The van der Waals surface area contributed by atoms with Crippen molar-refractivity contribution in [3.05, 3.63) is 74.4 Å². The van der Waals surface area contributed by atoms with Crippen LogP contribution < -0.4 is 10.6 Å². The van der Waals surface area contributed by atoms with Crippen molar-refractivity contribution >= 4 is 23.6 Å². The number of amides is 2. The van der Waals surface area contributed by atoms with Gasteiger partial charge in [0.2, 0.25) is 0 Å². The van der Waals surface area contributed by atoms with E-state index in [1.165, 1.54) is 0 Å². The monoisotopic (exact) mass is 602 g/mol. The first kappa shape index (κ1) is 37.6. The predicted octanol–water partition coefficient (Wildman–Crippen LogP) is 6.70. The lowest BCUT2D eigenvalue weighted by Gasteiger charge is -2.31. The number of carbonyl (C=O) groups is 2. The number of hydrogen-bond donors (Lipinski definition) is 2. The maximum Gasteiger partial charge on any atom is 0.411 e. The van der Waals surface area contributed by atoms with Gasteiger partial charge in [0.1, 0.15) is 13.2 Å². The Kier molecular flexibility index (Phi) is 18.6. The van der Waals surface area contributed by atoms with Crippen LogP contribution in [0.25, 0.3) is 0 Å². The minimum atomic E-state index is -0.639. The molecule has 0 atom stereocenters. The second kappa shape index (κ2) is 21.3. The Morgan fingerprint density at radius 1 is 0.651 bits per heavy atom. The van der Waals surface area contributed by atoms with Gasteiger partial charge in [-0.05, 0) is 37.5 Å². The number of ether oxygens (including phenoxy) is 6. The van der Waals surface area contributed by atoms with E-state index in [1.807, 2.05) is 13.8 Å². The lowest BCUT2D eigenvalue weighted by Crippen LogP contribution is -2.38. The molecule has 1 aromatic carbocycles. The average molecular weight is 603 g/mol. The van der Waals surface area contributed by atoms with E-state index in [0.717, 1.165) is 0 Å². The Morgan fingerprint density at radius 2 is 0.977 bits per heavy atom. The lowest BCUT2D eigenvalue weighted by molar-refractivity contribution is -0.0445. The first-order valence-electron chi connectivity index (χ1n) is 14.5. The van der Waals surface area contributed by atoms with Crippen LogP contribution in [0.3, 0.4) is 0 Å². The standard InChI is InChI=1S/C33H50N2O8/c1-8-17-38-21-32(12-5,22-39-18-9-2)25-42-30(36)34-28-15-14-16-29(27(28)7)35-31(37)43-26-33(13-6,23-40-19-10-3)24-41-20-11-4/h8-11,14-16H,1-4,12-13,17-26H2,5-7H3,(H,34,36)(H,35,37). The molecule has 0 saturated carbocycles. The van der Waals surface area contributed by atoms with Gasteiger partial charge in [-0.25, -0.2) is 9.59 Å². The van der Waals surface area contributed by atoms with Gasteiger partial charge in [-0.3, -0.25) is 10.6 Å². The molecule has 0 spiro atoms. The Hall–Kier alpha value is -3.44. The molecule has 2 N–H and O–H groups in total. The molecule has 1 rings (SSSR count). The largest absolute Gasteiger partial charge is 0.449 e. The van der Waals surface area contributed by atoms with Crippen molar-refractivity contribution in [1.82, 2.24) is 0 Å². The van der Waals surface area contributed by atoms with E-state index in [9.17, 15) is 9.59 Å². The van der Waals surface area contributed by atoms with Gasteiger partial charge >= 0.3 is 12.2 Å². The summed E-state index contributed by atoms with van der Waals surface area (Å²) in [5, 5.41) is 5.52. The van der Waals surface area contributed by atoms with Crippen molar-refractivity contribution in [2.24, 2.45) is 10.8 Å². The van der Waals surface area contributed by atoms with Crippen LogP contribution in [-0.4, -0.2) is 78.3 Å². The van der Waals surface area contributed by atoms with Gasteiger partial charge in [0, 0.05) is 11.4 Å². The zero-order chi connectivity index (χ0) is 32.0. The molecule has 0 unspecified atom stereocenters. The third-order valence-corrected chi connectivity index (χ3v) is 6.90. The summed E-state index contributed by atoms with van der Waals surface area (Å²) >= 11 is 0. The third kappa shape index (κ3) is 14.1. The molecule has 0 heterocycles. The number of nitrogens with one attached hydrogen (secondary N) is 2. The zero-order valence-electron chi connectivity index (χ0n) is 26.1. The molecule has 0 aliphatic rings. The van der Waals surface area contributed by atoms with E-state index < -0.39 is 23.0 Å². The quantitative estimate of drug-likeness (QED) is 0.0993. The summed E-state index contributed by atoms with van der Waals surface area (Å²) in [6.07, 6.45) is 6.70. The molecule has 0 fully saturated rings. The van der Waals surface area contributed by atoms with Crippen LogP contribution in [0, 0.1) is 17.8 Å². The number of benzene rings is 1. The first-order chi connectivity index (χ1) is 20.7. The summed E-state index contributed by atoms with van der Waals surface area (Å²) in [7, 11) is 0. The normalized spacial score (nSPS) is 11.3. The Bertz CT molecular complexity index is 922. The van der Waals surface area contributed by atoms with Gasteiger partial charge in [-0.1, -0.05) is 44.2 Å². The van der Waals surface area contributed by atoms with Crippen LogP contribution in [0.5, 0.6) is 0 Å². The van der Waals surface area contributed by atoms with E-state index in [0.29, 0.717) is 82.6 Å². The smallest absolute Gasteiger partial charge is 0.411 e. The van der Waals surface area contributed by atoms with Gasteiger partial charge in [0.15, 0.2) is 0 Å². The van der Waals surface area contributed by atoms with Crippen LogP contribution in [0.15, 0.2) is 68.8 Å². The van der Waals surface area contributed by atoms with E-state index in [2.05, 4.69) is 36.9 Å². The summed E-state index contributed by atoms with van der Waals surface area (Å²) in [6, 6.07) is 5.15. The fraction of sp³-hybridized carbons (Fsp3) is 0.515. The van der Waals surface area contributed by atoms with E-state index in [-0.39, 0.29) is 13.2 Å². The maximum atomic E-state index is 12.8. The van der Waals surface area contributed by atoms with Crippen molar-refractivity contribution in [2.75, 3.05) is 76.7 Å². The summed E-state index contributed by atoms with van der Waals surface area (Å²) in [6.45, 7) is 23.5. The second-order valence-corrected chi connectivity index (χ2v) is 10.3. The van der Waals surface area contributed by atoms with Crippen LogP contribution in [0.4, 0.5) is 21.0 Å². The van der Waals surface area contributed by atoms with Gasteiger partial charge in [-0.15, -0.1) is 26.3 Å². The molecule has 2 amide bonds. The maximum absolute atomic E-state index is 12.8. The van der Waals surface area contributed by atoms with Gasteiger partial charge in [0.05, 0.1) is 63.7 Å². The lowest BCUT2D eigenvalue weighted by atomic mass is 9.88. The molecular weight excluding hydrogens is 552 g/mol.